The maximum absolute atomic E-state index is 12.3. The number of hydrogen-bond donors (Lipinski definition) is 1. The second-order valence-corrected chi connectivity index (χ2v) is 7.04. The molecule has 0 unspecified atom stereocenters. The van der Waals surface area contributed by atoms with Crippen LogP contribution in [0.1, 0.15) is 38.5 Å². The molecule has 2 aliphatic rings. The van der Waals surface area contributed by atoms with Gasteiger partial charge in [-0.3, -0.25) is 4.79 Å². The molecule has 0 radical (unpaired) electrons. The first-order chi connectivity index (χ1) is 8.01. The number of rotatable bonds is 2. The molecule has 1 N–H and O–H groups in total. The highest BCUT2D eigenvalue weighted by molar-refractivity contribution is 7.92. The van der Waals surface area contributed by atoms with Crippen molar-refractivity contribution in [2.24, 2.45) is 0 Å². The summed E-state index contributed by atoms with van der Waals surface area (Å²) in [5, 5.41) is 2.02. The summed E-state index contributed by atoms with van der Waals surface area (Å²) in [6.45, 7) is -0.155. The van der Waals surface area contributed by atoms with Crippen LogP contribution in [0.25, 0.3) is 0 Å². The number of nitrogens with one attached hydrogen (secondary N) is 1. The Morgan fingerprint density at radius 3 is 2.24 bits per heavy atom. The Bertz CT molecular complexity index is 425. The van der Waals surface area contributed by atoms with E-state index in [1.165, 1.54) is 0 Å². The smallest absolute Gasteiger partial charge is 0.247 e. The molecule has 0 aromatic rings. The van der Waals surface area contributed by atoms with Gasteiger partial charge in [0.05, 0.1) is 5.25 Å². The molecule has 2 fully saturated rings. The van der Waals surface area contributed by atoms with Crippen LogP contribution >= 0.6 is 12.2 Å². The quantitative estimate of drug-likeness (QED) is 0.597. The fourth-order valence-corrected chi connectivity index (χ4v) is 4.70. The Labute approximate surface area is 107 Å². The molecular weight excluding hydrogens is 260 g/mol. The minimum Gasteiger partial charge on any atom is -0.301 e. The maximum Gasteiger partial charge on any atom is 0.247 e. The van der Waals surface area contributed by atoms with E-state index >= 15 is 0 Å². The van der Waals surface area contributed by atoms with E-state index in [1.807, 2.05) is 0 Å². The first-order valence-electron chi connectivity index (χ1n) is 5.87. The van der Waals surface area contributed by atoms with Gasteiger partial charge in [-0.1, -0.05) is 25.7 Å². The van der Waals surface area contributed by atoms with Gasteiger partial charge in [-0.05, 0) is 25.1 Å². The van der Waals surface area contributed by atoms with Crippen LogP contribution in [0, 0.1) is 0 Å². The number of carbonyl (C=O) groups excluding carboxylic acids is 1. The van der Waals surface area contributed by atoms with Crippen molar-refractivity contribution < 1.29 is 13.2 Å². The third kappa shape index (κ3) is 2.60. The number of sulfonamides is 1. The van der Waals surface area contributed by atoms with Gasteiger partial charge in [0.1, 0.15) is 6.54 Å². The third-order valence-electron chi connectivity index (χ3n) is 3.29. The minimum absolute atomic E-state index is 0.0271. The van der Waals surface area contributed by atoms with Crippen molar-refractivity contribution in [2.75, 3.05) is 6.54 Å². The summed E-state index contributed by atoms with van der Waals surface area (Å²) in [6.07, 6.45) is 5.41. The lowest BCUT2D eigenvalue weighted by atomic mass is 10.2. The maximum atomic E-state index is 12.3. The summed E-state index contributed by atoms with van der Waals surface area (Å²) in [5.41, 5.74) is 0. The molecule has 0 spiro atoms. The van der Waals surface area contributed by atoms with E-state index in [2.05, 4.69) is 5.32 Å². The predicted octanol–water partition coefficient (Wildman–Crippen LogP) is 0.756. The summed E-state index contributed by atoms with van der Waals surface area (Å²) in [6, 6.07) is 0. The van der Waals surface area contributed by atoms with Crippen LogP contribution in [0.5, 0.6) is 0 Å². The largest absolute Gasteiger partial charge is 0.301 e. The fraction of sp³-hybridized carbons (Fsp3) is 0.800. The number of carbonyl (C=O) groups is 1. The Morgan fingerprint density at radius 2 is 1.76 bits per heavy atom. The van der Waals surface area contributed by atoms with Crippen LogP contribution in [0.15, 0.2) is 0 Å². The molecule has 0 atom stereocenters. The number of amides is 1. The molecule has 1 amide bonds. The summed E-state index contributed by atoms with van der Waals surface area (Å²) >= 11 is 4.88. The van der Waals surface area contributed by atoms with Crippen molar-refractivity contribution in [2.45, 2.75) is 43.8 Å². The highest BCUT2D eigenvalue weighted by Crippen LogP contribution is 2.26. The van der Waals surface area contributed by atoms with Crippen LogP contribution in [0.4, 0.5) is 0 Å². The van der Waals surface area contributed by atoms with E-state index in [1.54, 1.807) is 0 Å². The van der Waals surface area contributed by atoms with Crippen LogP contribution in [0.3, 0.4) is 0 Å². The lowest BCUT2D eigenvalue weighted by Crippen LogP contribution is -2.40. The van der Waals surface area contributed by atoms with E-state index in [9.17, 15) is 13.2 Å². The van der Waals surface area contributed by atoms with Gasteiger partial charge in [0, 0.05) is 0 Å². The summed E-state index contributed by atoms with van der Waals surface area (Å²) in [4.78, 5) is 11.2. The minimum atomic E-state index is -3.46. The van der Waals surface area contributed by atoms with Gasteiger partial charge in [0.2, 0.25) is 15.9 Å². The molecule has 2 rings (SSSR count). The van der Waals surface area contributed by atoms with E-state index in [-0.39, 0.29) is 22.8 Å². The van der Waals surface area contributed by atoms with E-state index in [4.69, 9.17) is 12.2 Å². The van der Waals surface area contributed by atoms with Crippen molar-refractivity contribution >= 4 is 33.3 Å². The summed E-state index contributed by atoms with van der Waals surface area (Å²) in [5.74, 6) is -0.341. The molecule has 1 saturated heterocycles. The van der Waals surface area contributed by atoms with E-state index in [0.717, 1.165) is 30.0 Å². The second-order valence-electron chi connectivity index (χ2n) is 4.52. The SMILES string of the molecule is O=C1CN(S(=O)(=O)C2CCCCCC2)C(=S)N1. The van der Waals surface area contributed by atoms with Crippen LogP contribution in [-0.4, -0.2) is 35.5 Å². The van der Waals surface area contributed by atoms with Gasteiger partial charge in [0.15, 0.2) is 5.11 Å². The first-order valence-corrected chi connectivity index (χ1v) is 7.78. The number of nitrogens with zero attached hydrogens (tertiary/aromatic N) is 1. The van der Waals surface area contributed by atoms with Crippen molar-refractivity contribution in [3.8, 4) is 0 Å². The lowest BCUT2D eigenvalue weighted by molar-refractivity contribution is -0.118. The molecule has 96 valence electrons. The Morgan fingerprint density at radius 1 is 1.18 bits per heavy atom. The number of hydrogen-bond acceptors (Lipinski definition) is 4. The summed E-state index contributed by atoms with van der Waals surface area (Å²) < 4.78 is 25.7. The molecule has 0 bridgehead atoms. The fourth-order valence-electron chi connectivity index (χ4n) is 2.35. The molecule has 17 heavy (non-hydrogen) atoms. The van der Waals surface area contributed by atoms with Crippen molar-refractivity contribution in [1.29, 1.82) is 0 Å². The zero-order valence-electron chi connectivity index (χ0n) is 9.52. The van der Waals surface area contributed by atoms with Crippen molar-refractivity contribution in [3.63, 3.8) is 0 Å². The molecule has 0 aromatic heterocycles. The molecular formula is C10H16N2O3S2. The average molecular weight is 276 g/mol. The normalized spacial score (nSPS) is 23.6. The zero-order valence-corrected chi connectivity index (χ0v) is 11.1. The lowest BCUT2D eigenvalue weighted by Gasteiger charge is -2.22. The van der Waals surface area contributed by atoms with Gasteiger partial charge in [0.25, 0.3) is 0 Å². The molecule has 0 aromatic carbocycles. The third-order valence-corrected chi connectivity index (χ3v) is 5.97. The highest BCUT2D eigenvalue weighted by Gasteiger charge is 2.38. The standard InChI is InChI=1S/C10H16N2O3S2/c13-9-7-12(10(16)11-9)17(14,15)8-5-3-1-2-4-6-8/h8H,1-7H2,(H,11,13,16). The summed E-state index contributed by atoms with van der Waals surface area (Å²) in [7, 11) is -3.46. The monoisotopic (exact) mass is 276 g/mol. The van der Waals surface area contributed by atoms with Gasteiger partial charge in [-0.25, -0.2) is 12.7 Å². The van der Waals surface area contributed by atoms with Crippen LogP contribution in [-0.2, 0) is 14.8 Å². The van der Waals surface area contributed by atoms with Crippen LogP contribution < -0.4 is 5.32 Å². The van der Waals surface area contributed by atoms with Gasteiger partial charge >= 0.3 is 0 Å². The van der Waals surface area contributed by atoms with Crippen molar-refractivity contribution in [3.05, 3.63) is 0 Å². The Hall–Kier alpha value is -0.690. The second kappa shape index (κ2) is 4.89. The molecule has 7 heteroatoms. The molecule has 1 aliphatic carbocycles. The molecule has 1 heterocycles. The van der Waals surface area contributed by atoms with Gasteiger partial charge < -0.3 is 5.32 Å². The van der Waals surface area contributed by atoms with Gasteiger partial charge in [-0.15, -0.1) is 0 Å². The zero-order chi connectivity index (χ0) is 12.5. The van der Waals surface area contributed by atoms with E-state index in [0.29, 0.717) is 12.8 Å². The van der Waals surface area contributed by atoms with Crippen LogP contribution in [0.2, 0.25) is 0 Å². The average Bonchev–Trinajstić information content (AvgIpc) is 2.52. The molecule has 5 nitrogen and oxygen atoms in total. The number of thiocarbonyl (C=S) groups is 1. The predicted molar refractivity (Wildman–Crippen MR) is 67.9 cm³/mol. The Balaban J connectivity index is 2.17. The molecule has 1 saturated carbocycles. The first kappa shape index (κ1) is 12.8. The van der Waals surface area contributed by atoms with E-state index < -0.39 is 10.0 Å². The molecule has 1 aliphatic heterocycles. The van der Waals surface area contributed by atoms with Gasteiger partial charge in [-0.2, -0.15) is 0 Å². The highest BCUT2D eigenvalue weighted by atomic mass is 32.2. The topological polar surface area (TPSA) is 66.5 Å². The van der Waals surface area contributed by atoms with Crippen molar-refractivity contribution in [1.82, 2.24) is 9.62 Å². The Kier molecular flexibility index (Phi) is 3.67.